The lowest BCUT2D eigenvalue weighted by Crippen LogP contribution is -2.23. The van der Waals surface area contributed by atoms with Gasteiger partial charge in [0.05, 0.1) is 23.8 Å². The van der Waals surface area contributed by atoms with Crippen LogP contribution in [-0.4, -0.2) is 39.9 Å². The molecule has 3 aromatic heterocycles. The molecular formula is C19H18N4O4S. The van der Waals surface area contributed by atoms with Crippen LogP contribution < -0.4 is 5.32 Å². The normalized spacial score (nSPS) is 14.8. The molecule has 0 atom stereocenters. The number of Topliss-reactive ketones (excluding diaryl/α,β-unsaturated/α-hetero) is 1. The molecule has 8 nitrogen and oxygen atoms in total. The van der Waals surface area contributed by atoms with Crippen molar-refractivity contribution in [2.24, 2.45) is 5.92 Å². The van der Waals surface area contributed by atoms with Gasteiger partial charge in [-0.15, -0.1) is 0 Å². The number of nitrogens with zero attached hydrogens (tertiary/aromatic N) is 3. The van der Waals surface area contributed by atoms with E-state index in [1.807, 2.05) is 0 Å². The zero-order chi connectivity index (χ0) is 19.5. The predicted molar refractivity (Wildman–Crippen MR) is 102 cm³/mol. The third kappa shape index (κ3) is 3.85. The standard InChI is InChI=1S/C19H18N4O4S/c1-11-20-8-14(9-21-11)18(25)23-19-22-15(13-4-7-27-10-13)17(28-19)16(24)12-2-5-26-6-3-12/h4,7-10,12H,2-3,5-6H2,1H3,(H,22,23,25). The van der Waals surface area contributed by atoms with E-state index in [9.17, 15) is 9.59 Å². The molecule has 1 aliphatic rings. The Balaban J connectivity index is 1.62. The molecule has 0 saturated carbocycles. The van der Waals surface area contributed by atoms with E-state index in [4.69, 9.17) is 9.15 Å². The van der Waals surface area contributed by atoms with Crippen molar-refractivity contribution < 1.29 is 18.7 Å². The number of anilines is 1. The zero-order valence-electron chi connectivity index (χ0n) is 15.2. The summed E-state index contributed by atoms with van der Waals surface area (Å²) in [6.45, 7) is 2.90. The number of rotatable bonds is 5. The van der Waals surface area contributed by atoms with Crippen LogP contribution in [0.15, 0.2) is 35.4 Å². The number of aromatic nitrogens is 3. The monoisotopic (exact) mass is 398 g/mol. The second-order valence-corrected chi connectivity index (χ2v) is 7.43. The molecule has 4 rings (SSSR count). The van der Waals surface area contributed by atoms with E-state index >= 15 is 0 Å². The maximum Gasteiger partial charge on any atom is 0.260 e. The highest BCUT2D eigenvalue weighted by Crippen LogP contribution is 2.35. The van der Waals surface area contributed by atoms with Crippen LogP contribution in [0.5, 0.6) is 0 Å². The van der Waals surface area contributed by atoms with Gasteiger partial charge in [0.1, 0.15) is 10.7 Å². The molecule has 9 heteroatoms. The van der Waals surface area contributed by atoms with Gasteiger partial charge in [0.2, 0.25) is 0 Å². The van der Waals surface area contributed by atoms with Crippen LogP contribution in [0.25, 0.3) is 11.3 Å². The smallest absolute Gasteiger partial charge is 0.260 e. The molecule has 0 unspecified atom stereocenters. The van der Waals surface area contributed by atoms with E-state index in [-0.39, 0.29) is 17.6 Å². The molecule has 1 saturated heterocycles. The van der Waals surface area contributed by atoms with Gasteiger partial charge >= 0.3 is 0 Å². The molecule has 0 spiro atoms. The predicted octanol–water partition coefficient (Wildman–Crippen LogP) is 3.36. The van der Waals surface area contributed by atoms with Crippen LogP contribution >= 0.6 is 11.3 Å². The summed E-state index contributed by atoms with van der Waals surface area (Å²) in [6.07, 6.45) is 7.34. The molecule has 0 radical (unpaired) electrons. The molecule has 0 aromatic carbocycles. The fourth-order valence-corrected chi connectivity index (χ4v) is 3.96. The van der Waals surface area contributed by atoms with E-state index in [2.05, 4.69) is 20.3 Å². The summed E-state index contributed by atoms with van der Waals surface area (Å²) < 4.78 is 10.5. The van der Waals surface area contributed by atoms with Crippen molar-refractivity contribution in [3.05, 3.63) is 47.3 Å². The summed E-state index contributed by atoms with van der Waals surface area (Å²) in [5, 5.41) is 3.08. The molecule has 3 aromatic rings. The SMILES string of the molecule is Cc1ncc(C(=O)Nc2nc(-c3ccoc3)c(C(=O)C3CCOCC3)s2)cn1. The highest BCUT2D eigenvalue weighted by Gasteiger charge is 2.28. The third-order valence-corrected chi connectivity index (χ3v) is 5.49. The maximum absolute atomic E-state index is 13.1. The largest absolute Gasteiger partial charge is 0.472 e. The van der Waals surface area contributed by atoms with E-state index in [1.54, 1.807) is 13.0 Å². The highest BCUT2D eigenvalue weighted by atomic mass is 32.1. The first-order valence-corrected chi connectivity index (χ1v) is 9.69. The van der Waals surface area contributed by atoms with Gasteiger partial charge in [-0.25, -0.2) is 15.0 Å². The Morgan fingerprint density at radius 2 is 1.96 bits per heavy atom. The van der Waals surface area contributed by atoms with Crippen LogP contribution in [0, 0.1) is 12.8 Å². The summed E-state index contributed by atoms with van der Waals surface area (Å²) in [6, 6.07) is 1.75. The number of nitrogens with one attached hydrogen (secondary N) is 1. The molecule has 1 amide bonds. The van der Waals surface area contributed by atoms with Gasteiger partial charge in [0, 0.05) is 37.1 Å². The average molecular weight is 398 g/mol. The Morgan fingerprint density at radius 1 is 1.21 bits per heavy atom. The van der Waals surface area contributed by atoms with Crippen LogP contribution in [0.4, 0.5) is 5.13 Å². The Morgan fingerprint density at radius 3 is 2.64 bits per heavy atom. The topological polar surface area (TPSA) is 107 Å². The first-order chi connectivity index (χ1) is 13.6. The van der Waals surface area contributed by atoms with E-state index in [1.165, 1.54) is 36.3 Å². The van der Waals surface area contributed by atoms with Crippen molar-refractivity contribution in [2.75, 3.05) is 18.5 Å². The zero-order valence-corrected chi connectivity index (χ0v) is 16.0. The minimum absolute atomic E-state index is 0.0242. The third-order valence-electron chi connectivity index (χ3n) is 4.50. The summed E-state index contributed by atoms with van der Waals surface area (Å²) in [4.78, 5) is 38.6. The van der Waals surface area contributed by atoms with Crippen molar-refractivity contribution in [2.45, 2.75) is 19.8 Å². The van der Waals surface area contributed by atoms with Crippen molar-refractivity contribution >= 4 is 28.2 Å². The number of aryl methyl sites for hydroxylation is 1. The fraction of sp³-hybridized carbons (Fsp3) is 0.316. The van der Waals surface area contributed by atoms with Crippen LogP contribution in [-0.2, 0) is 4.74 Å². The molecule has 1 aliphatic heterocycles. The molecule has 0 bridgehead atoms. The van der Waals surface area contributed by atoms with Gasteiger partial charge in [-0.1, -0.05) is 11.3 Å². The number of hydrogen-bond donors (Lipinski definition) is 1. The van der Waals surface area contributed by atoms with Gasteiger partial charge < -0.3 is 9.15 Å². The summed E-state index contributed by atoms with van der Waals surface area (Å²) in [5.74, 6) is 0.125. The minimum Gasteiger partial charge on any atom is -0.472 e. The number of thiazole rings is 1. The number of ketones is 1. The second kappa shape index (κ2) is 7.99. The summed E-state index contributed by atoms with van der Waals surface area (Å²) >= 11 is 1.17. The lowest BCUT2D eigenvalue weighted by atomic mass is 9.93. The van der Waals surface area contributed by atoms with Crippen LogP contribution in [0.1, 0.15) is 38.7 Å². The Bertz CT molecular complexity index is 976. The molecule has 1 fully saturated rings. The molecular weight excluding hydrogens is 380 g/mol. The van der Waals surface area contributed by atoms with Gasteiger partial charge in [-0.05, 0) is 25.8 Å². The van der Waals surface area contributed by atoms with Crippen molar-refractivity contribution in [3.8, 4) is 11.3 Å². The van der Waals surface area contributed by atoms with Crippen molar-refractivity contribution in [1.82, 2.24) is 15.0 Å². The number of hydrogen-bond acceptors (Lipinski definition) is 8. The van der Waals surface area contributed by atoms with E-state index in [0.717, 1.165) is 0 Å². The first-order valence-electron chi connectivity index (χ1n) is 8.87. The molecule has 4 heterocycles. The fourth-order valence-electron chi connectivity index (χ4n) is 2.96. The lowest BCUT2D eigenvalue weighted by molar-refractivity contribution is 0.0548. The molecule has 1 N–H and O–H groups in total. The van der Waals surface area contributed by atoms with Gasteiger partial charge in [0.25, 0.3) is 5.91 Å². The van der Waals surface area contributed by atoms with E-state index < -0.39 is 0 Å². The number of amides is 1. The number of carbonyl (C=O) groups is 2. The molecule has 144 valence electrons. The highest BCUT2D eigenvalue weighted by molar-refractivity contribution is 7.18. The first kappa shape index (κ1) is 18.5. The van der Waals surface area contributed by atoms with Gasteiger partial charge in [0.15, 0.2) is 10.9 Å². The maximum atomic E-state index is 13.1. The van der Waals surface area contributed by atoms with Crippen LogP contribution in [0.3, 0.4) is 0 Å². The van der Waals surface area contributed by atoms with Crippen molar-refractivity contribution in [1.29, 1.82) is 0 Å². The van der Waals surface area contributed by atoms with Crippen LogP contribution in [0.2, 0.25) is 0 Å². The van der Waals surface area contributed by atoms with Gasteiger partial charge in [-0.3, -0.25) is 14.9 Å². The quantitative estimate of drug-likeness (QED) is 0.657. The minimum atomic E-state index is -0.377. The van der Waals surface area contributed by atoms with Crippen molar-refractivity contribution in [3.63, 3.8) is 0 Å². The Labute approximate surface area is 165 Å². The molecule has 0 aliphatic carbocycles. The van der Waals surface area contributed by atoms with E-state index in [0.29, 0.717) is 58.7 Å². The lowest BCUT2D eigenvalue weighted by Gasteiger charge is -2.20. The number of furan rings is 1. The molecule has 28 heavy (non-hydrogen) atoms. The summed E-state index contributed by atoms with van der Waals surface area (Å²) in [7, 11) is 0. The Hall–Kier alpha value is -2.91. The second-order valence-electron chi connectivity index (χ2n) is 6.43. The number of carbonyl (C=O) groups excluding carboxylic acids is 2. The van der Waals surface area contributed by atoms with Gasteiger partial charge in [-0.2, -0.15) is 0 Å². The average Bonchev–Trinajstić information content (AvgIpc) is 3.38. The summed E-state index contributed by atoms with van der Waals surface area (Å²) in [5.41, 5.74) is 1.54. The Kier molecular flexibility index (Phi) is 5.27. The number of ether oxygens (including phenoxy) is 1.